The first-order valence-corrected chi connectivity index (χ1v) is 5.27. The second-order valence-electron chi connectivity index (χ2n) is 2.75. The third kappa shape index (κ3) is 2.43. The monoisotopic (exact) mass is 308 g/mol. The number of carbonyl (C=O) groups excluding carboxylic acids is 1. The van der Waals surface area contributed by atoms with E-state index in [0.717, 1.165) is 0 Å². The van der Waals surface area contributed by atoms with Crippen molar-refractivity contribution in [3.63, 3.8) is 0 Å². The van der Waals surface area contributed by atoms with E-state index < -0.39 is 0 Å². The van der Waals surface area contributed by atoms with Gasteiger partial charge in [0.15, 0.2) is 5.78 Å². The summed E-state index contributed by atoms with van der Waals surface area (Å²) < 4.78 is 18.8. The molecule has 0 saturated carbocycles. The van der Waals surface area contributed by atoms with Gasteiger partial charge in [0.2, 0.25) is 0 Å². The van der Waals surface area contributed by atoms with Crippen molar-refractivity contribution in [1.82, 2.24) is 0 Å². The third-order valence-electron chi connectivity index (χ3n) is 1.70. The quantitative estimate of drug-likeness (QED) is 0.634. The third-order valence-corrected chi connectivity index (χ3v) is 2.53. The highest BCUT2D eigenvalue weighted by molar-refractivity contribution is 14.1. The second-order valence-corrected chi connectivity index (χ2v) is 3.91. The van der Waals surface area contributed by atoms with Gasteiger partial charge in [-0.05, 0) is 48.6 Å². The van der Waals surface area contributed by atoms with Crippen LogP contribution in [0.4, 0.5) is 4.39 Å². The minimum Gasteiger partial charge on any atom is -0.493 e. The zero-order chi connectivity index (χ0) is 10.7. The van der Waals surface area contributed by atoms with E-state index in [-0.39, 0.29) is 11.6 Å². The van der Waals surface area contributed by atoms with Crippen LogP contribution in [0.15, 0.2) is 12.1 Å². The fourth-order valence-corrected chi connectivity index (χ4v) is 1.52. The molecular formula is C10H10FIO2. The highest BCUT2D eigenvalue weighted by Crippen LogP contribution is 2.24. The van der Waals surface area contributed by atoms with E-state index in [4.69, 9.17) is 4.74 Å². The molecule has 0 saturated heterocycles. The van der Waals surface area contributed by atoms with Gasteiger partial charge in [-0.3, -0.25) is 4.79 Å². The molecule has 0 fully saturated rings. The van der Waals surface area contributed by atoms with E-state index >= 15 is 0 Å². The van der Waals surface area contributed by atoms with E-state index in [0.29, 0.717) is 21.5 Å². The molecule has 1 aromatic carbocycles. The first kappa shape index (κ1) is 11.4. The summed E-state index contributed by atoms with van der Waals surface area (Å²) >= 11 is 1.86. The first-order valence-electron chi connectivity index (χ1n) is 4.19. The maximum Gasteiger partial charge on any atom is 0.163 e. The standard InChI is InChI=1S/C10H10FIO2/c1-3-14-10-5-9(12)8(11)4-7(10)6(2)13/h4-5H,3H2,1-2H3. The molecule has 0 amide bonds. The Morgan fingerprint density at radius 1 is 1.57 bits per heavy atom. The number of ether oxygens (including phenoxy) is 1. The molecule has 14 heavy (non-hydrogen) atoms. The summed E-state index contributed by atoms with van der Waals surface area (Å²) in [6.07, 6.45) is 0. The van der Waals surface area contributed by atoms with Crippen LogP contribution in [0.1, 0.15) is 24.2 Å². The van der Waals surface area contributed by atoms with Gasteiger partial charge in [-0.15, -0.1) is 0 Å². The molecule has 0 spiro atoms. The second kappa shape index (κ2) is 4.72. The zero-order valence-corrected chi connectivity index (χ0v) is 10.1. The van der Waals surface area contributed by atoms with E-state index in [2.05, 4.69) is 0 Å². The van der Waals surface area contributed by atoms with Crippen LogP contribution in [0.2, 0.25) is 0 Å². The number of hydrogen-bond acceptors (Lipinski definition) is 2. The van der Waals surface area contributed by atoms with Crippen molar-refractivity contribution in [2.24, 2.45) is 0 Å². The van der Waals surface area contributed by atoms with Gasteiger partial charge in [0.25, 0.3) is 0 Å². The Labute approximate surface area is 95.6 Å². The molecule has 1 rings (SSSR count). The Morgan fingerprint density at radius 2 is 2.21 bits per heavy atom. The van der Waals surface area contributed by atoms with Crippen LogP contribution < -0.4 is 4.74 Å². The van der Waals surface area contributed by atoms with Crippen LogP contribution >= 0.6 is 22.6 Å². The summed E-state index contributed by atoms with van der Waals surface area (Å²) in [5, 5.41) is 0. The molecule has 0 unspecified atom stereocenters. The predicted molar refractivity (Wildman–Crippen MR) is 60.3 cm³/mol. The van der Waals surface area contributed by atoms with Gasteiger partial charge in [0, 0.05) is 0 Å². The predicted octanol–water partition coefficient (Wildman–Crippen LogP) is 3.03. The van der Waals surface area contributed by atoms with Crippen molar-refractivity contribution in [2.45, 2.75) is 13.8 Å². The number of hydrogen-bond donors (Lipinski definition) is 0. The van der Waals surface area contributed by atoms with E-state index in [1.165, 1.54) is 19.1 Å². The molecule has 0 aliphatic heterocycles. The van der Waals surface area contributed by atoms with Crippen LogP contribution in [0.5, 0.6) is 5.75 Å². The maximum absolute atomic E-state index is 13.1. The summed E-state index contributed by atoms with van der Waals surface area (Å²) in [6.45, 7) is 3.67. The molecule has 0 atom stereocenters. The Hall–Kier alpha value is -0.650. The van der Waals surface area contributed by atoms with Crippen molar-refractivity contribution in [3.05, 3.63) is 27.1 Å². The minimum atomic E-state index is -0.390. The maximum atomic E-state index is 13.1. The number of rotatable bonds is 3. The zero-order valence-electron chi connectivity index (χ0n) is 7.93. The van der Waals surface area contributed by atoms with Crippen LogP contribution in [-0.2, 0) is 0 Å². The van der Waals surface area contributed by atoms with Crippen LogP contribution in [0.3, 0.4) is 0 Å². The molecule has 4 heteroatoms. The molecule has 0 bridgehead atoms. The summed E-state index contributed by atoms with van der Waals surface area (Å²) in [6, 6.07) is 2.76. The number of benzene rings is 1. The minimum absolute atomic E-state index is 0.191. The topological polar surface area (TPSA) is 26.3 Å². The van der Waals surface area contributed by atoms with Crippen molar-refractivity contribution in [2.75, 3.05) is 6.61 Å². The Balaban J connectivity index is 3.24. The molecule has 0 aromatic heterocycles. The Bertz CT molecular complexity index is 363. The molecule has 76 valence electrons. The lowest BCUT2D eigenvalue weighted by molar-refractivity contribution is 0.101. The van der Waals surface area contributed by atoms with Crippen molar-refractivity contribution in [3.8, 4) is 5.75 Å². The molecule has 2 nitrogen and oxygen atoms in total. The van der Waals surface area contributed by atoms with Gasteiger partial charge in [-0.1, -0.05) is 0 Å². The van der Waals surface area contributed by atoms with Gasteiger partial charge >= 0.3 is 0 Å². The van der Waals surface area contributed by atoms with Crippen molar-refractivity contribution in [1.29, 1.82) is 0 Å². The molecule has 0 N–H and O–H groups in total. The number of carbonyl (C=O) groups is 1. The summed E-state index contributed by atoms with van der Waals surface area (Å²) in [5.74, 6) is -0.131. The fourth-order valence-electron chi connectivity index (χ4n) is 1.08. The Morgan fingerprint density at radius 3 is 2.71 bits per heavy atom. The van der Waals surface area contributed by atoms with Crippen molar-refractivity contribution < 1.29 is 13.9 Å². The van der Waals surface area contributed by atoms with Gasteiger partial charge in [-0.2, -0.15) is 0 Å². The van der Waals surface area contributed by atoms with Crippen LogP contribution in [0.25, 0.3) is 0 Å². The summed E-state index contributed by atoms with van der Waals surface area (Å²) in [7, 11) is 0. The highest BCUT2D eigenvalue weighted by Gasteiger charge is 2.12. The first-order chi connectivity index (χ1) is 6.56. The van der Waals surface area contributed by atoms with Gasteiger partial charge in [-0.25, -0.2) is 4.39 Å². The summed E-state index contributed by atoms with van der Waals surface area (Å²) in [5.41, 5.74) is 0.296. The SMILES string of the molecule is CCOc1cc(I)c(F)cc1C(C)=O. The molecule has 0 aliphatic carbocycles. The normalized spacial score (nSPS) is 10.0. The van der Waals surface area contributed by atoms with Crippen molar-refractivity contribution >= 4 is 28.4 Å². The lowest BCUT2D eigenvalue weighted by Crippen LogP contribution is -2.02. The molecule has 0 radical (unpaired) electrons. The van der Waals surface area contributed by atoms with Gasteiger partial charge in [0.05, 0.1) is 15.7 Å². The van der Waals surface area contributed by atoms with Gasteiger partial charge < -0.3 is 4.74 Å². The smallest absolute Gasteiger partial charge is 0.163 e. The molecule has 0 heterocycles. The lowest BCUT2D eigenvalue weighted by atomic mass is 10.1. The highest BCUT2D eigenvalue weighted by atomic mass is 127. The lowest BCUT2D eigenvalue weighted by Gasteiger charge is -2.08. The Kier molecular flexibility index (Phi) is 3.86. The molecular weight excluding hydrogens is 298 g/mol. The van der Waals surface area contributed by atoms with Crippen LogP contribution in [-0.4, -0.2) is 12.4 Å². The van der Waals surface area contributed by atoms with Gasteiger partial charge in [0.1, 0.15) is 11.6 Å². The van der Waals surface area contributed by atoms with Crippen LogP contribution in [0, 0.1) is 9.39 Å². The largest absolute Gasteiger partial charge is 0.493 e. The number of ketones is 1. The van der Waals surface area contributed by atoms with E-state index in [1.807, 2.05) is 29.5 Å². The number of halogens is 2. The van der Waals surface area contributed by atoms with E-state index in [9.17, 15) is 9.18 Å². The molecule has 1 aromatic rings. The average molecular weight is 308 g/mol. The molecule has 0 aliphatic rings. The summed E-state index contributed by atoms with van der Waals surface area (Å²) in [4.78, 5) is 11.2. The van der Waals surface area contributed by atoms with E-state index in [1.54, 1.807) is 0 Å². The number of Topliss-reactive ketones (excluding diaryl/α,β-unsaturated/α-hetero) is 1. The fraction of sp³-hybridized carbons (Fsp3) is 0.300. The average Bonchev–Trinajstić information content (AvgIpc) is 2.11.